The molecule has 0 radical (unpaired) electrons. The number of ether oxygens (including phenoxy) is 1. The SMILES string of the molecule is COCCn1cc(NS(=O)(=O)c2cccc(Br)c2)cn1. The van der Waals surface area contributed by atoms with Gasteiger partial charge in [-0.3, -0.25) is 9.40 Å². The maximum absolute atomic E-state index is 12.2. The first kappa shape index (κ1) is 15.0. The number of sulfonamides is 1. The van der Waals surface area contributed by atoms with Crippen LogP contribution in [-0.2, 0) is 21.3 Å². The predicted octanol–water partition coefficient (Wildman–Crippen LogP) is 2.09. The van der Waals surface area contributed by atoms with Gasteiger partial charge in [0.25, 0.3) is 10.0 Å². The lowest BCUT2D eigenvalue weighted by Crippen LogP contribution is -2.12. The summed E-state index contributed by atoms with van der Waals surface area (Å²) in [5, 5.41) is 4.05. The van der Waals surface area contributed by atoms with Crippen LogP contribution in [0.25, 0.3) is 0 Å². The molecule has 20 heavy (non-hydrogen) atoms. The topological polar surface area (TPSA) is 73.2 Å². The Kier molecular flexibility index (Phi) is 4.79. The molecule has 2 aromatic rings. The van der Waals surface area contributed by atoms with Gasteiger partial charge in [0.15, 0.2) is 0 Å². The minimum atomic E-state index is -3.61. The number of aromatic nitrogens is 2. The van der Waals surface area contributed by atoms with E-state index in [1.165, 1.54) is 18.3 Å². The van der Waals surface area contributed by atoms with E-state index < -0.39 is 10.0 Å². The Hall–Kier alpha value is -1.38. The highest BCUT2D eigenvalue weighted by Crippen LogP contribution is 2.19. The van der Waals surface area contributed by atoms with Crippen molar-refractivity contribution in [3.05, 3.63) is 41.1 Å². The number of nitrogens with one attached hydrogen (secondary N) is 1. The average Bonchev–Trinajstić information content (AvgIpc) is 2.83. The van der Waals surface area contributed by atoms with E-state index in [1.54, 1.807) is 30.1 Å². The molecule has 0 fully saturated rings. The number of halogens is 1. The molecule has 0 bridgehead atoms. The summed E-state index contributed by atoms with van der Waals surface area (Å²) in [6, 6.07) is 6.50. The molecule has 0 unspecified atom stereocenters. The first-order valence-electron chi connectivity index (χ1n) is 5.81. The molecule has 1 aromatic heterocycles. The lowest BCUT2D eigenvalue weighted by molar-refractivity contribution is 0.183. The lowest BCUT2D eigenvalue weighted by Gasteiger charge is -2.06. The van der Waals surface area contributed by atoms with Crippen LogP contribution in [0.5, 0.6) is 0 Å². The van der Waals surface area contributed by atoms with Gasteiger partial charge in [0.2, 0.25) is 0 Å². The number of nitrogens with zero attached hydrogens (tertiary/aromatic N) is 2. The van der Waals surface area contributed by atoms with E-state index >= 15 is 0 Å². The van der Waals surface area contributed by atoms with Crippen LogP contribution in [0.15, 0.2) is 46.0 Å². The molecule has 0 saturated heterocycles. The molecule has 0 aliphatic carbocycles. The number of hydrogen-bond acceptors (Lipinski definition) is 4. The van der Waals surface area contributed by atoms with Crippen molar-refractivity contribution >= 4 is 31.6 Å². The number of rotatable bonds is 6. The van der Waals surface area contributed by atoms with Gasteiger partial charge in [0, 0.05) is 17.8 Å². The van der Waals surface area contributed by atoms with Crippen LogP contribution in [0, 0.1) is 0 Å². The van der Waals surface area contributed by atoms with Crippen LogP contribution >= 0.6 is 15.9 Å². The predicted molar refractivity (Wildman–Crippen MR) is 79.1 cm³/mol. The van der Waals surface area contributed by atoms with Gasteiger partial charge in [-0.25, -0.2) is 8.42 Å². The summed E-state index contributed by atoms with van der Waals surface area (Å²) in [4.78, 5) is 0.191. The van der Waals surface area contributed by atoms with Crippen LogP contribution < -0.4 is 4.72 Å². The van der Waals surface area contributed by atoms with Gasteiger partial charge in [-0.15, -0.1) is 0 Å². The molecule has 0 aliphatic rings. The van der Waals surface area contributed by atoms with Gasteiger partial charge in [-0.2, -0.15) is 5.10 Å². The van der Waals surface area contributed by atoms with Crippen molar-refractivity contribution < 1.29 is 13.2 Å². The summed E-state index contributed by atoms with van der Waals surface area (Å²) >= 11 is 3.25. The van der Waals surface area contributed by atoms with Crippen molar-refractivity contribution in [3.63, 3.8) is 0 Å². The van der Waals surface area contributed by atoms with Gasteiger partial charge >= 0.3 is 0 Å². The summed E-state index contributed by atoms with van der Waals surface area (Å²) in [5.74, 6) is 0. The second kappa shape index (κ2) is 6.38. The second-order valence-electron chi connectivity index (χ2n) is 4.05. The van der Waals surface area contributed by atoms with Crippen molar-refractivity contribution in [2.24, 2.45) is 0 Å². The van der Waals surface area contributed by atoms with Gasteiger partial charge < -0.3 is 4.74 Å². The Balaban J connectivity index is 2.14. The Labute approximate surface area is 125 Å². The summed E-state index contributed by atoms with van der Waals surface area (Å²) in [7, 11) is -2.01. The highest BCUT2D eigenvalue weighted by molar-refractivity contribution is 9.10. The summed E-state index contributed by atoms with van der Waals surface area (Å²) in [5.41, 5.74) is 0.418. The fourth-order valence-corrected chi connectivity index (χ4v) is 3.20. The van der Waals surface area contributed by atoms with Crippen LogP contribution in [0.4, 0.5) is 5.69 Å². The Morgan fingerprint density at radius 3 is 2.95 bits per heavy atom. The van der Waals surface area contributed by atoms with Crippen LogP contribution in [0.2, 0.25) is 0 Å². The molecule has 8 heteroatoms. The zero-order chi connectivity index (χ0) is 14.6. The molecule has 1 heterocycles. The van der Waals surface area contributed by atoms with E-state index in [-0.39, 0.29) is 4.90 Å². The first-order chi connectivity index (χ1) is 9.51. The zero-order valence-corrected chi connectivity index (χ0v) is 13.2. The fraction of sp³-hybridized carbons (Fsp3) is 0.250. The van der Waals surface area contributed by atoms with E-state index in [2.05, 4.69) is 25.8 Å². The molecule has 2 rings (SSSR count). The van der Waals surface area contributed by atoms with Crippen LogP contribution in [0.3, 0.4) is 0 Å². The molecule has 1 aromatic carbocycles. The van der Waals surface area contributed by atoms with Crippen LogP contribution in [-0.4, -0.2) is 31.9 Å². The summed E-state index contributed by atoms with van der Waals surface area (Å²) < 4.78 is 34.1. The number of hydrogen-bond donors (Lipinski definition) is 1. The highest BCUT2D eigenvalue weighted by atomic mass is 79.9. The van der Waals surface area contributed by atoms with Gasteiger partial charge in [-0.05, 0) is 18.2 Å². The minimum Gasteiger partial charge on any atom is -0.383 e. The third kappa shape index (κ3) is 3.81. The molecular weight excluding hydrogens is 346 g/mol. The minimum absolute atomic E-state index is 0.191. The quantitative estimate of drug-likeness (QED) is 0.856. The smallest absolute Gasteiger partial charge is 0.262 e. The maximum atomic E-state index is 12.2. The largest absolute Gasteiger partial charge is 0.383 e. The standard InChI is InChI=1S/C12H14BrN3O3S/c1-19-6-5-16-9-11(8-14-16)15-20(17,18)12-4-2-3-10(13)7-12/h2-4,7-9,15H,5-6H2,1H3. The highest BCUT2D eigenvalue weighted by Gasteiger charge is 2.15. The van der Waals surface area contributed by atoms with Crippen molar-refractivity contribution in [2.75, 3.05) is 18.4 Å². The van der Waals surface area contributed by atoms with Crippen LogP contribution in [0.1, 0.15) is 0 Å². The molecule has 0 atom stereocenters. The van der Waals surface area contributed by atoms with E-state index in [9.17, 15) is 8.42 Å². The van der Waals surface area contributed by atoms with Crippen molar-refractivity contribution in [3.8, 4) is 0 Å². The Bertz CT molecular complexity index is 685. The van der Waals surface area contributed by atoms with E-state index in [1.807, 2.05) is 0 Å². The number of benzene rings is 1. The second-order valence-corrected chi connectivity index (χ2v) is 6.65. The van der Waals surface area contributed by atoms with Gasteiger partial charge in [0.1, 0.15) is 0 Å². The number of methoxy groups -OCH3 is 1. The first-order valence-corrected chi connectivity index (χ1v) is 8.08. The Morgan fingerprint density at radius 2 is 2.25 bits per heavy atom. The molecule has 0 amide bonds. The summed E-state index contributed by atoms with van der Waals surface area (Å²) in [6.45, 7) is 1.08. The maximum Gasteiger partial charge on any atom is 0.262 e. The van der Waals surface area contributed by atoms with E-state index in [4.69, 9.17) is 4.74 Å². The average molecular weight is 360 g/mol. The molecule has 0 aliphatic heterocycles. The molecule has 1 N–H and O–H groups in total. The van der Waals surface area contributed by atoms with Gasteiger partial charge in [-0.1, -0.05) is 22.0 Å². The van der Waals surface area contributed by atoms with E-state index in [0.717, 1.165) is 0 Å². The van der Waals surface area contributed by atoms with Crippen molar-refractivity contribution in [1.82, 2.24) is 9.78 Å². The molecule has 0 saturated carbocycles. The molecular formula is C12H14BrN3O3S. The molecule has 108 valence electrons. The Morgan fingerprint density at radius 1 is 1.45 bits per heavy atom. The lowest BCUT2D eigenvalue weighted by atomic mass is 10.4. The normalized spacial score (nSPS) is 11.5. The van der Waals surface area contributed by atoms with Crippen molar-refractivity contribution in [1.29, 1.82) is 0 Å². The monoisotopic (exact) mass is 359 g/mol. The number of anilines is 1. The third-order valence-electron chi connectivity index (χ3n) is 2.52. The molecule has 6 nitrogen and oxygen atoms in total. The van der Waals surface area contributed by atoms with E-state index in [0.29, 0.717) is 23.3 Å². The fourth-order valence-electron chi connectivity index (χ4n) is 1.57. The zero-order valence-electron chi connectivity index (χ0n) is 10.8. The molecule has 0 spiro atoms. The van der Waals surface area contributed by atoms with Crippen molar-refractivity contribution in [2.45, 2.75) is 11.4 Å². The third-order valence-corrected chi connectivity index (χ3v) is 4.39. The van der Waals surface area contributed by atoms with Gasteiger partial charge in [0.05, 0.1) is 29.9 Å². The summed E-state index contributed by atoms with van der Waals surface area (Å²) in [6.07, 6.45) is 3.08.